The Morgan fingerprint density at radius 3 is 2.59 bits per heavy atom. The number of hydrogen-bond acceptors (Lipinski definition) is 6. The number of phenolic OH excluding ortho intramolecular Hbond substituents is 2. The van der Waals surface area contributed by atoms with Crippen molar-refractivity contribution in [1.82, 2.24) is 15.5 Å². The Labute approximate surface area is 156 Å². The van der Waals surface area contributed by atoms with E-state index in [1.165, 1.54) is 23.1 Å². The highest BCUT2D eigenvalue weighted by Crippen LogP contribution is 2.30. The van der Waals surface area contributed by atoms with Gasteiger partial charge in [0.05, 0.1) is 18.7 Å². The number of aliphatic hydroxyl groups is 1. The molecule has 2 aliphatic rings. The molecule has 146 valence electrons. The second kappa shape index (κ2) is 7.83. The summed E-state index contributed by atoms with van der Waals surface area (Å²) >= 11 is 0. The van der Waals surface area contributed by atoms with E-state index in [0.29, 0.717) is 19.5 Å². The van der Waals surface area contributed by atoms with Crippen molar-refractivity contribution >= 4 is 17.7 Å². The smallest absolute Gasteiger partial charge is 0.259 e. The maximum absolute atomic E-state index is 12.7. The number of benzene rings is 1. The molecule has 27 heavy (non-hydrogen) atoms. The van der Waals surface area contributed by atoms with Gasteiger partial charge in [-0.05, 0) is 31.4 Å². The van der Waals surface area contributed by atoms with Crippen molar-refractivity contribution in [2.45, 2.75) is 31.4 Å². The van der Waals surface area contributed by atoms with Crippen molar-refractivity contribution in [3.63, 3.8) is 0 Å². The molecule has 5 N–H and O–H groups in total. The van der Waals surface area contributed by atoms with Gasteiger partial charge in [-0.1, -0.05) is 6.07 Å². The lowest BCUT2D eigenvalue weighted by Crippen LogP contribution is -2.41. The summed E-state index contributed by atoms with van der Waals surface area (Å²) in [7, 11) is 0. The first-order chi connectivity index (χ1) is 12.9. The lowest BCUT2D eigenvalue weighted by atomic mass is 10.1. The molecule has 1 aromatic carbocycles. The van der Waals surface area contributed by atoms with Crippen LogP contribution in [-0.2, 0) is 9.59 Å². The molecule has 1 aliphatic carbocycles. The fourth-order valence-corrected chi connectivity index (χ4v) is 3.63. The zero-order chi connectivity index (χ0) is 19.6. The summed E-state index contributed by atoms with van der Waals surface area (Å²) in [6.07, 6.45) is 0.128. The second-order valence-corrected chi connectivity index (χ2v) is 6.95. The Balaban J connectivity index is 1.65. The molecule has 9 heteroatoms. The molecule has 0 bridgehead atoms. The van der Waals surface area contributed by atoms with Crippen molar-refractivity contribution in [2.24, 2.45) is 5.92 Å². The summed E-state index contributed by atoms with van der Waals surface area (Å²) in [5.41, 5.74) is -0.274. The molecule has 9 nitrogen and oxygen atoms in total. The minimum atomic E-state index is -0.934. The van der Waals surface area contributed by atoms with Crippen molar-refractivity contribution in [2.75, 3.05) is 19.6 Å². The molecule has 3 amide bonds. The average molecular weight is 377 g/mol. The molecule has 0 radical (unpaired) electrons. The molecule has 1 heterocycles. The fraction of sp³-hybridized carbons (Fsp3) is 0.500. The number of hydrogen-bond donors (Lipinski definition) is 5. The van der Waals surface area contributed by atoms with Gasteiger partial charge in [-0.2, -0.15) is 0 Å². The van der Waals surface area contributed by atoms with E-state index in [1.54, 1.807) is 0 Å². The van der Waals surface area contributed by atoms with Crippen molar-refractivity contribution < 1.29 is 29.7 Å². The van der Waals surface area contributed by atoms with Gasteiger partial charge in [0.2, 0.25) is 11.8 Å². The number of aliphatic hydroxyl groups excluding tert-OH is 1. The first kappa shape index (κ1) is 19.0. The predicted octanol–water partition coefficient (Wildman–Crippen LogP) is -0.684. The van der Waals surface area contributed by atoms with Gasteiger partial charge in [-0.25, -0.2) is 0 Å². The molecule has 0 unspecified atom stereocenters. The summed E-state index contributed by atoms with van der Waals surface area (Å²) in [5, 5.41) is 35.1. The highest BCUT2D eigenvalue weighted by molar-refractivity contribution is 5.99. The third kappa shape index (κ3) is 4.13. The average Bonchev–Trinajstić information content (AvgIpc) is 2.83. The zero-order valence-corrected chi connectivity index (χ0v) is 14.7. The summed E-state index contributed by atoms with van der Waals surface area (Å²) < 4.78 is 0. The second-order valence-electron chi connectivity index (χ2n) is 6.95. The number of nitrogens with zero attached hydrogens (tertiary/aromatic N) is 1. The van der Waals surface area contributed by atoms with E-state index in [4.69, 9.17) is 0 Å². The van der Waals surface area contributed by atoms with E-state index in [9.17, 15) is 29.7 Å². The molecule has 0 spiro atoms. The van der Waals surface area contributed by atoms with Gasteiger partial charge in [0.25, 0.3) is 5.91 Å². The van der Waals surface area contributed by atoms with E-state index >= 15 is 0 Å². The number of phenols is 2. The monoisotopic (exact) mass is 377 g/mol. The van der Waals surface area contributed by atoms with Crippen LogP contribution in [0.5, 0.6) is 11.5 Å². The first-order valence-electron chi connectivity index (χ1n) is 8.92. The predicted molar refractivity (Wildman–Crippen MR) is 94.0 cm³/mol. The van der Waals surface area contributed by atoms with Crippen LogP contribution >= 0.6 is 0 Å². The van der Waals surface area contributed by atoms with Crippen LogP contribution in [0.25, 0.3) is 0 Å². The largest absolute Gasteiger partial charge is 0.507 e. The summed E-state index contributed by atoms with van der Waals surface area (Å²) in [5.74, 6) is -2.40. The molecule has 1 aliphatic heterocycles. The van der Waals surface area contributed by atoms with Crippen LogP contribution in [0.2, 0.25) is 0 Å². The number of rotatable bonds is 3. The van der Waals surface area contributed by atoms with Crippen LogP contribution in [0.1, 0.15) is 29.6 Å². The molecule has 1 aromatic rings. The maximum atomic E-state index is 12.7. The number of amides is 3. The SMILES string of the molecule is O=C1CN(C(=O)[C@H]2C[C@H](NC(=O)c3c(O)cccc3O)[C@@H](O)C2)CCCN1. The van der Waals surface area contributed by atoms with E-state index < -0.39 is 24.0 Å². The minimum Gasteiger partial charge on any atom is -0.507 e. The summed E-state index contributed by atoms with van der Waals surface area (Å²) in [4.78, 5) is 38.2. The molecule has 1 saturated carbocycles. The lowest BCUT2D eigenvalue weighted by Gasteiger charge is -2.22. The molecular weight excluding hydrogens is 354 g/mol. The Morgan fingerprint density at radius 2 is 1.89 bits per heavy atom. The number of carbonyl (C=O) groups excluding carboxylic acids is 3. The Kier molecular flexibility index (Phi) is 5.50. The zero-order valence-electron chi connectivity index (χ0n) is 14.7. The first-order valence-corrected chi connectivity index (χ1v) is 8.92. The van der Waals surface area contributed by atoms with Crippen LogP contribution in [0.15, 0.2) is 18.2 Å². The van der Waals surface area contributed by atoms with Gasteiger partial charge in [-0.3, -0.25) is 14.4 Å². The van der Waals surface area contributed by atoms with Gasteiger partial charge in [-0.15, -0.1) is 0 Å². The van der Waals surface area contributed by atoms with E-state index in [1.807, 2.05) is 0 Å². The fourth-order valence-electron chi connectivity index (χ4n) is 3.63. The Bertz CT molecular complexity index is 732. The Hall–Kier alpha value is -2.81. The van der Waals surface area contributed by atoms with Crippen LogP contribution < -0.4 is 10.6 Å². The van der Waals surface area contributed by atoms with Gasteiger partial charge < -0.3 is 30.9 Å². The molecule has 0 aromatic heterocycles. The summed E-state index contributed by atoms with van der Waals surface area (Å²) in [6, 6.07) is 3.26. The van der Waals surface area contributed by atoms with Crippen LogP contribution in [0, 0.1) is 5.92 Å². The number of carbonyl (C=O) groups is 3. The van der Waals surface area contributed by atoms with Crippen LogP contribution in [0.3, 0.4) is 0 Å². The molecular formula is C18H23N3O6. The highest BCUT2D eigenvalue weighted by atomic mass is 16.3. The number of aromatic hydroxyl groups is 2. The maximum Gasteiger partial charge on any atom is 0.259 e. The number of nitrogens with one attached hydrogen (secondary N) is 2. The van der Waals surface area contributed by atoms with E-state index in [0.717, 1.165) is 0 Å². The highest BCUT2D eigenvalue weighted by Gasteiger charge is 2.40. The molecule has 2 fully saturated rings. The van der Waals surface area contributed by atoms with Gasteiger partial charge >= 0.3 is 0 Å². The minimum absolute atomic E-state index is 0.00574. The summed E-state index contributed by atoms with van der Waals surface area (Å²) in [6.45, 7) is 0.986. The lowest BCUT2D eigenvalue weighted by molar-refractivity contribution is -0.138. The van der Waals surface area contributed by atoms with Crippen LogP contribution in [-0.4, -0.2) is 69.7 Å². The quantitative estimate of drug-likeness (QED) is 0.473. The van der Waals surface area contributed by atoms with E-state index in [-0.39, 0.29) is 48.3 Å². The normalized spacial score (nSPS) is 25.6. The Morgan fingerprint density at radius 1 is 1.19 bits per heavy atom. The van der Waals surface area contributed by atoms with Gasteiger partial charge in [0, 0.05) is 19.0 Å². The van der Waals surface area contributed by atoms with Crippen molar-refractivity contribution in [3.8, 4) is 11.5 Å². The van der Waals surface area contributed by atoms with Gasteiger partial charge in [0.15, 0.2) is 0 Å². The molecule has 3 rings (SSSR count). The molecule has 1 saturated heterocycles. The standard InChI is InChI=1S/C18H23N3O6/c22-12-3-1-4-13(23)16(12)17(26)20-11-7-10(8-14(11)24)18(27)21-6-2-5-19-15(25)9-21/h1,3-4,10-11,14,22-24H,2,5-9H2,(H,19,25)(H,20,26)/t10-,11-,14-/m0/s1. The third-order valence-corrected chi connectivity index (χ3v) is 5.02. The van der Waals surface area contributed by atoms with Gasteiger partial charge in [0.1, 0.15) is 17.1 Å². The van der Waals surface area contributed by atoms with E-state index in [2.05, 4.69) is 10.6 Å². The topological polar surface area (TPSA) is 139 Å². The van der Waals surface area contributed by atoms with Crippen molar-refractivity contribution in [3.05, 3.63) is 23.8 Å². The van der Waals surface area contributed by atoms with Crippen molar-refractivity contribution in [1.29, 1.82) is 0 Å². The van der Waals surface area contributed by atoms with Crippen LogP contribution in [0.4, 0.5) is 0 Å². The third-order valence-electron chi connectivity index (χ3n) is 5.02. The molecule has 3 atom stereocenters.